The van der Waals surface area contributed by atoms with Gasteiger partial charge >= 0.3 is 0 Å². The van der Waals surface area contributed by atoms with Gasteiger partial charge in [0.05, 0.1) is 24.8 Å². The summed E-state index contributed by atoms with van der Waals surface area (Å²) in [5.41, 5.74) is 2.55. The molecule has 0 saturated heterocycles. The van der Waals surface area contributed by atoms with Crippen molar-refractivity contribution in [3.8, 4) is 0 Å². The number of nitrogens with zero attached hydrogens (tertiary/aromatic N) is 5. The Morgan fingerprint density at radius 3 is 2.83 bits per heavy atom. The van der Waals surface area contributed by atoms with E-state index in [1.807, 2.05) is 30.5 Å². The quantitative estimate of drug-likeness (QED) is 0.814. The van der Waals surface area contributed by atoms with Gasteiger partial charge in [0.1, 0.15) is 0 Å². The lowest BCUT2D eigenvalue weighted by molar-refractivity contribution is 0.0705. The highest BCUT2D eigenvalue weighted by atomic mass is 16.5. The van der Waals surface area contributed by atoms with Gasteiger partial charge in [-0.25, -0.2) is 4.98 Å². The van der Waals surface area contributed by atoms with Crippen LogP contribution in [0.1, 0.15) is 24.1 Å². The topological polar surface area (TPSA) is 48.1 Å². The summed E-state index contributed by atoms with van der Waals surface area (Å²) in [5.74, 6) is 1.34. The fraction of sp³-hybridized carbons (Fsp3) is 0.647. The summed E-state index contributed by atoms with van der Waals surface area (Å²) < 4.78 is 10.1. The van der Waals surface area contributed by atoms with Crippen molar-refractivity contribution in [2.45, 2.75) is 32.5 Å². The van der Waals surface area contributed by atoms with E-state index < -0.39 is 0 Å². The summed E-state index contributed by atoms with van der Waals surface area (Å²) in [6.07, 6.45) is 10.7. The number of fused-ring (bicyclic) bond motifs is 1. The second kappa shape index (κ2) is 6.45. The van der Waals surface area contributed by atoms with Crippen molar-refractivity contribution in [2.75, 3.05) is 19.8 Å². The highest BCUT2D eigenvalue weighted by Gasteiger charge is 2.25. The van der Waals surface area contributed by atoms with Gasteiger partial charge in [-0.2, -0.15) is 5.10 Å². The van der Waals surface area contributed by atoms with E-state index in [1.54, 1.807) is 0 Å². The lowest BCUT2D eigenvalue weighted by Gasteiger charge is -2.23. The maximum Gasteiger partial charge on any atom is 0.0948 e. The van der Waals surface area contributed by atoms with Crippen LogP contribution in [0.15, 0.2) is 24.9 Å². The molecular weight excluding hydrogens is 290 g/mol. The Morgan fingerprint density at radius 1 is 1.17 bits per heavy atom. The maximum atomic E-state index is 5.97. The number of aryl methyl sites for hydroxylation is 1. The van der Waals surface area contributed by atoms with Crippen molar-refractivity contribution in [3.05, 3.63) is 36.2 Å². The zero-order valence-corrected chi connectivity index (χ0v) is 13.8. The van der Waals surface area contributed by atoms with Gasteiger partial charge in [-0.3, -0.25) is 9.58 Å². The van der Waals surface area contributed by atoms with Crippen molar-refractivity contribution >= 4 is 0 Å². The smallest absolute Gasteiger partial charge is 0.0948 e. The highest BCUT2D eigenvalue weighted by Crippen LogP contribution is 2.29. The molecule has 3 heterocycles. The maximum absolute atomic E-state index is 5.97. The van der Waals surface area contributed by atoms with Crippen LogP contribution in [-0.2, 0) is 31.4 Å². The summed E-state index contributed by atoms with van der Waals surface area (Å²) in [7, 11) is 1.97. The van der Waals surface area contributed by atoms with Gasteiger partial charge in [0.15, 0.2) is 0 Å². The Hall–Kier alpha value is -1.66. The normalized spacial score (nSPS) is 22.0. The first-order valence-corrected chi connectivity index (χ1v) is 8.53. The van der Waals surface area contributed by atoms with E-state index in [9.17, 15) is 0 Å². The summed E-state index contributed by atoms with van der Waals surface area (Å²) in [5, 5.41) is 4.28. The van der Waals surface area contributed by atoms with Crippen molar-refractivity contribution in [2.24, 2.45) is 18.9 Å². The fourth-order valence-electron chi connectivity index (χ4n) is 3.36. The Balaban J connectivity index is 1.42. The van der Waals surface area contributed by atoms with Crippen LogP contribution in [0.3, 0.4) is 0 Å². The molecule has 1 fully saturated rings. The average molecular weight is 315 g/mol. The number of aromatic nitrogens is 4. The molecule has 2 aliphatic rings. The molecule has 0 radical (unpaired) electrons. The standard InChI is InChI=1S/C17H25N5O/c1-20-6-15(4-19-20)7-21-8-16(12-23-11-14-2-3-14)9-22-13-18-5-17(22)10-21/h4-6,13-14,16H,2-3,7-12H2,1H3/t16-/m1/s1. The fourth-order valence-corrected chi connectivity index (χ4v) is 3.36. The predicted octanol–water partition coefficient (Wildman–Crippen LogP) is 1.68. The van der Waals surface area contributed by atoms with Gasteiger partial charge in [-0.15, -0.1) is 0 Å². The molecule has 0 amide bonds. The van der Waals surface area contributed by atoms with E-state index in [2.05, 4.69) is 25.7 Å². The first kappa shape index (κ1) is 14.9. The van der Waals surface area contributed by atoms with Crippen LogP contribution in [0.5, 0.6) is 0 Å². The van der Waals surface area contributed by atoms with E-state index in [4.69, 9.17) is 4.74 Å². The van der Waals surface area contributed by atoms with Gasteiger partial charge in [0.25, 0.3) is 0 Å². The van der Waals surface area contributed by atoms with Crippen LogP contribution in [0.2, 0.25) is 0 Å². The molecule has 23 heavy (non-hydrogen) atoms. The number of rotatable bonds is 6. The summed E-state index contributed by atoms with van der Waals surface area (Å²) >= 11 is 0. The Morgan fingerprint density at radius 2 is 2.04 bits per heavy atom. The van der Waals surface area contributed by atoms with Crippen molar-refractivity contribution < 1.29 is 4.74 Å². The minimum Gasteiger partial charge on any atom is -0.381 e. The number of imidazole rings is 1. The summed E-state index contributed by atoms with van der Waals surface area (Å²) in [6, 6.07) is 0. The van der Waals surface area contributed by atoms with E-state index >= 15 is 0 Å². The third-order valence-corrected chi connectivity index (χ3v) is 4.72. The minimum atomic E-state index is 0.515. The van der Waals surface area contributed by atoms with Crippen molar-refractivity contribution in [1.29, 1.82) is 0 Å². The Labute approximate surface area is 137 Å². The Kier molecular flexibility index (Phi) is 4.18. The summed E-state index contributed by atoms with van der Waals surface area (Å²) in [6.45, 7) is 5.71. The average Bonchev–Trinajstić information content (AvgIpc) is 3.16. The van der Waals surface area contributed by atoms with E-state index in [-0.39, 0.29) is 0 Å². The van der Waals surface area contributed by atoms with Gasteiger partial charge in [0, 0.05) is 63.7 Å². The molecule has 2 aromatic heterocycles. The van der Waals surface area contributed by atoms with Crippen molar-refractivity contribution in [3.63, 3.8) is 0 Å². The molecule has 124 valence electrons. The second-order valence-electron chi connectivity index (χ2n) is 7.08. The SMILES string of the molecule is Cn1cc(CN2Cc3cncn3C[C@H](COCC3CC3)C2)cn1. The third-order valence-electron chi connectivity index (χ3n) is 4.72. The monoisotopic (exact) mass is 315 g/mol. The van der Waals surface area contributed by atoms with Crippen LogP contribution in [0, 0.1) is 11.8 Å². The summed E-state index contributed by atoms with van der Waals surface area (Å²) in [4.78, 5) is 6.81. The Bertz CT molecular complexity index is 645. The molecule has 0 bridgehead atoms. The van der Waals surface area contributed by atoms with Crippen LogP contribution >= 0.6 is 0 Å². The molecule has 0 spiro atoms. The molecule has 6 nitrogen and oxygen atoms in total. The highest BCUT2D eigenvalue weighted by molar-refractivity contribution is 5.06. The van der Waals surface area contributed by atoms with Crippen LogP contribution in [0.25, 0.3) is 0 Å². The van der Waals surface area contributed by atoms with Gasteiger partial charge in [-0.05, 0) is 18.8 Å². The first-order chi connectivity index (χ1) is 11.3. The van der Waals surface area contributed by atoms with Crippen LogP contribution < -0.4 is 0 Å². The van der Waals surface area contributed by atoms with Crippen molar-refractivity contribution in [1.82, 2.24) is 24.2 Å². The molecule has 1 saturated carbocycles. The lowest BCUT2D eigenvalue weighted by atomic mass is 10.1. The predicted molar refractivity (Wildman–Crippen MR) is 86.6 cm³/mol. The molecule has 6 heteroatoms. The van der Waals surface area contributed by atoms with Crippen LogP contribution in [-0.4, -0.2) is 44.0 Å². The molecule has 0 N–H and O–H groups in total. The molecule has 1 aliphatic heterocycles. The van der Waals surface area contributed by atoms with E-state index in [1.165, 1.54) is 24.1 Å². The molecule has 0 aromatic carbocycles. The molecule has 4 rings (SSSR count). The lowest BCUT2D eigenvalue weighted by Crippen LogP contribution is -2.30. The van der Waals surface area contributed by atoms with Gasteiger partial charge in [0.2, 0.25) is 0 Å². The minimum absolute atomic E-state index is 0.515. The van der Waals surface area contributed by atoms with E-state index in [0.717, 1.165) is 45.3 Å². The molecule has 0 unspecified atom stereocenters. The molecule has 1 aliphatic carbocycles. The number of hydrogen-bond donors (Lipinski definition) is 0. The largest absolute Gasteiger partial charge is 0.381 e. The van der Waals surface area contributed by atoms with E-state index in [0.29, 0.717) is 5.92 Å². The molecule has 2 aromatic rings. The van der Waals surface area contributed by atoms with Crippen LogP contribution in [0.4, 0.5) is 0 Å². The zero-order chi connectivity index (χ0) is 15.6. The number of ether oxygens (including phenoxy) is 1. The molecular formula is C17H25N5O. The first-order valence-electron chi connectivity index (χ1n) is 8.53. The molecule has 1 atom stereocenters. The van der Waals surface area contributed by atoms with Gasteiger partial charge in [-0.1, -0.05) is 0 Å². The third kappa shape index (κ3) is 3.82. The number of hydrogen-bond acceptors (Lipinski definition) is 4. The van der Waals surface area contributed by atoms with Gasteiger partial charge < -0.3 is 9.30 Å². The second-order valence-corrected chi connectivity index (χ2v) is 7.08. The zero-order valence-electron chi connectivity index (χ0n) is 13.8.